The fourth-order valence-electron chi connectivity index (χ4n) is 2.17. The zero-order valence-corrected chi connectivity index (χ0v) is 8.98. The van der Waals surface area contributed by atoms with E-state index in [0.717, 1.165) is 19.4 Å². The lowest BCUT2D eigenvalue weighted by Gasteiger charge is -2.18. The van der Waals surface area contributed by atoms with E-state index in [4.69, 9.17) is 4.42 Å². The number of hydrogen-bond donors (Lipinski definition) is 2. The van der Waals surface area contributed by atoms with Gasteiger partial charge in [-0.3, -0.25) is 0 Å². The minimum absolute atomic E-state index is 0.438. The molecule has 1 aromatic heterocycles. The summed E-state index contributed by atoms with van der Waals surface area (Å²) in [5.41, 5.74) is 0. The fraction of sp³-hybridized carbons (Fsp3) is 0.667. The smallest absolute Gasteiger partial charge is 0.132 e. The van der Waals surface area contributed by atoms with Crippen molar-refractivity contribution < 1.29 is 9.52 Å². The van der Waals surface area contributed by atoms with Crippen molar-refractivity contribution in [3.05, 3.63) is 24.2 Å². The maximum atomic E-state index is 9.92. The van der Waals surface area contributed by atoms with Gasteiger partial charge in [0.05, 0.1) is 6.26 Å². The molecular formula is C12H19NO2. The van der Waals surface area contributed by atoms with Crippen LogP contribution < -0.4 is 5.32 Å². The van der Waals surface area contributed by atoms with Crippen LogP contribution in [-0.4, -0.2) is 17.7 Å². The Morgan fingerprint density at radius 3 is 3.20 bits per heavy atom. The standard InChI is InChI=1S/C12H19NO2/c14-11(12-6-4-8-15-12)9-10-5-2-1-3-7-13-10/h4,6,8,10-11,13-14H,1-3,5,7,9H2. The predicted molar refractivity (Wildman–Crippen MR) is 58.5 cm³/mol. The molecule has 2 heterocycles. The lowest BCUT2D eigenvalue weighted by molar-refractivity contribution is 0.125. The Morgan fingerprint density at radius 1 is 1.47 bits per heavy atom. The Bertz CT molecular complexity index is 263. The van der Waals surface area contributed by atoms with Crippen LogP contribution in [0.4, 0.5) is 0 Å². The van der Waals surface area contributed by atoms with Crippen LogP contribution in [-0.2, 0) is 0 Å². The SMILES string of the molecule is OC(CC1CCCCCN1)c1ccco1. The molecule has 0 radical (unpaired) electrons. The highest BCUT2D eigenvalue weighted by Gasteiger charge is 2.18. The van der Waals surface area contributed by atoms with Crippen molar-refractivity contribution in [3.8, 4) is 0 Å². The van der Waals surface area contributed by atoms with E-state index in [-0.39, 0.29) is 0 Å². The maximum Gasteiger partial charge on any atom is 0.132 e. The summed E-state index contributed by atoms with van der Waals surface area (Å²) in [5.74, 6) is 0.682. The topological polar surface area (TPSA) is 45.4 Å². The van der Waals surface area contributed by atoms with Crippen LogP contribution in [0.1, 0.15) is 44.0 Å². The number of aliphatic hydroxyl groups is 1. The molecule has 1 saturated heterocycles. The van der Waals surface area contributed by atoms with E-state index < -0.39 is 6.10 Å². The van der Waals surface area contributed by atoms with Gasteiger partial charge in [-0.1, -0.05) is 12.8 Å². The van der Waals surface area contributed by atoms with Crippen LogP contribution in [0.3, 0.4) is 0 Å². The van der Waals surface area contributed by atoms with E-state index >= 15 is 0 Å². The van der Waals surface area contributed by atoms with E-state index in [2.05, 4.69) is 5.32 Å². The summed E-state index contributed by atoms with van der Waals surface area (Å²) in [6.45, 7) is 1.08. The van der Waals surface area contributed by atoms with Gasteiger partial charge in [0.25, 0.3) is 0 Å². The summed E-state index contributed by atoms with van der Waals surface area (Å²) in [6, 6.07) is 4.09. The average Bonchev–Trinajstić information content (AvgIpc) is 2.65. The highest BCUT2D eigenvalue weighted by atomic mass is 16.4. The van der Waals surface area contributed by atoms with Crippen LogP contribution in [0.5, 0.6) is 0 Å². The van der Waals surface area contributed by atoms with E-state index in [1.54, 1.807) is 6.26 Å². The molecule has 2 unspecified atom stereocenters. The van der Waals surface area contributed by atoms with Crippen molar-refractivity contribution in [1.29, 1.82) is 0 Å². The van der Waals surface area contributed by atoms with Gasteiger partial charge in [0.15, 0.2) is 0 Å². The van der Waals surface area contributed by atoms with Crippen molar-refractivity contribution in [2.24, 2.45) is 0 Å². The van der Waals surface area contributed by atoms with Gasteiger partial charge >= 0.3 is 0 Å². The molecule has 2 rings (SSSR count). The second-order valence-electron chi connectivity index (χ2n) is 4.27. The first-order valence-electron chi connectivity index (χ1n) is 5.81. The number of rotatable bonds is 3. The molecule has 84 valence electrons. The second-order valence-corrected chi connectivity index (χ2v) is 4.27. The summed E-state index contributed by atoms with van der Waals surface area (Å²) >= 11 is 0. The number of furan rings is 1. The minimum Gasteiger partial charge on any atom is -0.467 e. The second kappa shape index (κ2) is 5.33. The largest absolute Gasteiger partial charge is 0.467 e. The molecule has 2 atom stereocenters. The van der Waals surface area contributed by atoms with Crippen molar-refractivity contribution in [2.45, 2.75) is 44.2 Å². The maximum absolute atomic E-state index is 9.92. The molecule has 1 aliphatic rings. The Morgan fingerprint density at radius 2 is 2.40 bits per heavy atom. The molecule has 0 bridgehead atoms. The zero-order valence-electron chi connectivity index (χ0n) is 8.98. The summed E-state index contributed by atoms with van der Waals surface area (Å²) in [6.07, 6.45) is 6.90. The van der Waals surface area contributed by atoms with E-state index in [1.165, 1.54) is 19.3 Å². The first kappa shape index (κ1) is 10.7. The van der Waals surface area contributed by atoms with E-state index in [0.29, 0.717) is 11.8 Å². The van der Waals surface area contributed by atoms with Crippen molar-refractivity contribution in [3.63, 3.8) is 0 Å². The van der Waals surface area contributed by atoms with Gasteiger partial charge < -0.3 is 14.8 Å². The van der Waals surface area contributed by atoms with Crippen LogP contribution in [0.15, 0.2) is 22.8 Å². The molecule has 0 aromatic carbocycles. The molecule has 2 N–H and O–H groups in total. The quantitative estimate of drug-likeness (QED) is 0.802. The molecule has 1 aromatic rings. The number of nitrogens with one attached hydrogen (secondary N) is 1. The molecule has 3 nitrogen and oxygen atoms in total. The fourth-order valence-corrected chi connectivity index (χ4v) is 2.17. The predicted octanol–water partition coefficient (Wildman–Crippen LogP) is 2.24. The van der Waals surface area contributed by atoms with Crippen LogP contribution >= 0.6 is 0 Å². The molecule has 0 saturated carbocycles. The van der Waals surface area contributed by atoms with Crippen molar-refractivity contribution in [2.75, 3.05) is 6.54 Å². The molecule has 0 amide bonds. The van der Waals surface area contributed by atoms with Gasteiger partial charge in [0.2, 0.25) is 0 Å². The summed E-state index contributed by atoms with van der Waals surface area (Å²) in [4.78, 5) is 0. The molecule has 1 aliphatic heterocycles. The lowest BCUT2D eigenvalue weighted by Crippen LogP contribution is -2.29. The van der Waals surface area contributed by atoms with Gasteiger partial charge in [-0.15, -0.1) is 0 Å². The molecule has 0 spiro atoms. The molecular weight excluding hydrogens is 190 g/mol. The van der Waals surface area contributed by atoms with Gasteiger partial charge in [-0.05, 0) is 37.9 Å². The average molecular weight is 209 g/mol. The van der Waals surface area contributed by atoms with Gasteiger partial charge in [0.1, 0.15) is 11.9 Å². The molecule has 3 heteroatoms. The molecule has 0 aliphatic carbocycles. The summed E-state index contributed by atoms with van der Waals surface area (Å²) < 4.78 is 5.19. The Hall–Kier alpha value is -0.800. The summed E-state index contributed by atoms with van der Waals surface area (Å²) in [5, 5.41) is 13.4. The van der Waals surface area contributed by atoms with E-state index in [9.17, 15) is 5.11 Å². The minimum atomic E-state index is -0.462. The Labute approximate surface area is 90.5 Å². The summed E-state index contributed by atoms with van der Waals surface area (Å²) in [7, 11) is 0. The first-order chi connectivity index (χ1) is 7.36. The highest BCUT2D eigenvalue weighted by molar-refractivity contribution is 5.02. The van der Waals surface area contributed by atoms with Gasteiger partial charge in [-0.2, -0.15) is 0 Å². The first-order valence-corrected chi connectivity index (χ1v) is 5.81. The van der Waals surface area contributed by atoms with Crippen LogP contribution in [0, 0.1) is 0 Å². The van der Waals surface area contributed by atoms with Crippen LogP contribution in [0.25, 0.3) is 0 Å². The molecule has 15 heavy (non-hydrogen) atoms. The Kier molecular flexibility index (Phi) is 3.80. The third kappa shape index (κ3) is 3.08. The van der Waals surface area contributed by atoms with Crippen molar-refractivity contribution in [1.82, 2.24) is 5.32 Å². The Balaban J connectivity index is 1.84. The third-order valence-corrected chi connectivity index (χ3v) is 3.04. The van der Waals surface area contributed by atoms with Crippen LogP contribution in [0.2, 0.25) is 0 Å². The molecule has 1 fully saturated rings. The van der Waals surface area contributed by atoms with E-state index in [1.807, 2.05) is 12.1 Å². The van der Waals surface area contributed by atoms with Gasteiger partial charge in [-0.25, -0.2) is 0 Å². The zero-order chi connectivity index (χ0) is 10.5. The normalized spacial score (nSPS) is 24.7. The van der Waals surface area contributed by atoms with Gasteiger partial charge in [0, 0.05) is 6.04 Å². The highest BCUT2D eigenvalue weighted by Crippen LogP contribution is 2.22. The monoisotopic (exact) mass is 209 g/mol. The number of hydrogen-bond acceptors (Lipinski definition) is 3. The lowest BCUT2D eigenvalue weighted by atomic mass is 10.0. The van der Waals surface area contributed by atoms with Crippen molar-refractivity contribution >= 4 is 0 Å². The number of aliphatic hydroxyl groups excluding tert-OH is 1. The third-order valence-electron chi connectivity index (χ3n) is 3.04.